The number of aromatic nitrogens is 1. The van der Waals surface area contributed by atoms with Gasteiger partial charge in [0, 0.05) is 18.0 Å². The van der Waals surface area contributed by atoms with Crippen LogP contribution in [0.2, 0.25) is 5.02 Å². The second-order valence-corrected chi connectivity index (χ2v) is 6.64. The number of carbonyl (C=O) groups is 2. The Morgan fingerprint density at radius 3 is 2.65 bits per heavy atom. The van der Waals surface area contributed by atoms with Crippen LogP contribution >= 0.6 is 11.6 Å². The molecule has 0 aliphatic carbocycles. The molecular weight excluding hydrogens is 357 g/mol. The number of aromatic amines is 1. The van der Waals surface area contributed by atoms with Crippen molar-refractivity contribution in [1.29, 1.82) is 0 Å². The van der Waals surface area contributed by atoms with E-state index in [0.29, 0.717) is 17.0 Å². The summed E-state index contributed by atoms with van der Waals surface area (Å²) in [5.41, 5.74) is 2.41. The number of nitrogens with zero attached hydrogens (tertiary/aromatic N) is 1. The van der Waals surface area contributed by atoms with Crippen molar-refractivity contribution in [1.82, 2.24) is 15.2 Å². The van der Waals surface area contributed by atoms with E-state index >= 15 is 0 Å². The summed E-state index contributed by atoms with van der Waals surface area (Å²) >= 11 is 6.16. The maximum Gasteiger partial charge on any atom is 0.325 e. The molecule has 0 bridgehead atoms. The highest BCUT2D eigenvalue weighted by molar-refractivity contribution is 6.35. The summed E-state index contributed by atoms with van der Waals surface area (Å²) in [6.07, 6.45) is 2.17. The lowest BCUT2D eigenvalue weighted by Crippen LogP contribution is -2.32. The number of para-hydroxylation sites is 1. The molecule has 2 N–H and O–H groups in total. The Balaban J connectivity index is 1.53. The number of urea groups is 1. The number of imide groups is 1. The number of carbonyl (C=O) groups excluding carboxylic acids is 2. The third-order valence-corrected chi connectivity index (χ3v) is 4.85. The van der Waals surface area contributed by atoms with Crippen LogP contribution in [0, 0.1) is 5.82 Å². The first-order valence-electron chi connectivity index (χ1n) is 8.14. The quantitative estimate of drug-likeness (QED) is 0.688. The van der Waals surface area contributed by atoms with E-state index < -0.39 is 12.1 Å². The Labute approximate surface area is 153 Å². The zero-order valence-corrected chi connectivity index (χ0v) is 14.4. The topological polar surface area (TPSA) is 65.2 Å². The lowest BCUT2D eigenvalue weighted by atomic mass is 10.0. The van der Waals surface area contributed by atoms with Crippen molar-refractivity contribution in [2.75, 3.05) is 0 Å². The second kappa shape index (κ2) is 6.46. The molecule has 1 aromatic heterocycles. The molecule has 0 spiro atoms. The van der Waals surface area contributed by atoms with Crippen molar-refractivity contribution in [3.05, 3.63) is 70.6 Å². The highest BCUT2D eigenvalue weighted by Crippen LogP contribution is 2.27. The van der Waals surface area contributed by atoms with E-state index in [1.807, 2.05) is 12.1 Å². The van der Waals surface area contributed by atoms with E-state index in [-0.39, 0.29) is 18.3 Å². The summed E-state index contributed by atoms with van der Waals surface area (Å²) in [6, 6.07) is 10.2. The summed E-state index contributed by atoms with van der Waals surface area (Å²) < 4.78 is 13.0. The molecule has 0 radical (unpaired) electrons. The molecule has 3 aromatic rings. The number of amides is 3. The van der Waals surface area contributed by atoms with Crippen molar-refractivity contribution in [3.8, 4) is 0 Å². The molecule has 1 aliphatic heterocycles. The van der Waals surface area contributed by atoms with Crippen LogP contribution in [0.5, 0.6) is 0 Å². The van der Waals surface area contributed by atoms with Gasteiger partial charge in [0.25, 0.3) is 5.91 Å². The van der Waals surface area contributed by atoms with Gasteiger partial charge >= 0.3 is 6.03 Å². The average Bonchev–Trinajstić information content (AvgIpc) is 3.15. The molecule has 1 atom stereocenters. The maximum atomic E-state index is 13.0. The third kappa shape index (κ3) is 2.93. The molecule has 4 rings (SSSR count). The van der Waals surface area contributed by atoms with Crippen molar-refractivity contribution in [3.63, 3.8) is 0 Å². The van der Waals surface area contributed by atoms with Crippen molar-refractivity contribution >= 4 is 34.4 Å². The molecule has 7 heteroatoms. The zero-order chi connectivity index (χ0) is 18.3. The van der Waals surface area contributed by atoms with Crippen molar-refractivity contribution in [2.24, 2.45) is 0 Å². The Morgan fingerprint density at radius 1 is 1.12 bits per heavy atom. The number of H-pyrrole nitrogens is 1. The van der Waals surface area contributed by atoms with Crippen LogP contribution in [0.1, 0.15) is 11.1 Å². The summed E-state index contributed by atoms with van der Waals surface area (Å²) in [7, 11) is 0. The molecule has 0 saturated carbocycles. The molecule has 2 heterocycles. The first-order chi connectivity index (χ1) is 12.5. The Hall–Kier alpha value is -2.86. The van der Waals surface area contributed by atoms with Gasteiger partial charge in [0.15, 0.2) is 0 Å². The molecular formula is C19H15ClFN3O2. The van der Waals surface area contributed by atoms with E-state index in [1.54, 1.807) is 24.4 Å². The summed E-state index contributed by atoms with van der Waals surface area (Å²) in [4.78, 5) is 29.1. The fourth-order valence-corrected chi connectivity index (χ4v) is 3.43. The average molecular weight is 372 g/mol. The SMILES string of the molecule is O=C1NC(Cc2c[nH]c3c(Cl)cccc23)C(=O)N1Cc1ccc(F)cc1. The van der Waals surface area contributed by atoms with Gasteiger partial charge in [-0.2, -0.15) is 0 Å². The predicted molar refractivity (Wildman–Crippen MR) is 96.3 cm³/mol. The van der Waals surface area contributed by atoms with Crippen LogP contribution in [0.15, 0.2) is 48.7 Å². The summed E-state index contributed by atoms with van der Waals surface area (Å²) in [6.45, 7) is 0.112. The highest BCUT2D eigenvalue weighted by atomic mass is 35.5. The lowest BCUT2D eigenvalue weighted by Gasteiger charge is -2.13. The van der Waals surface area contributed by atoms with E-state index in [2.05, 4.69) is 10.3 Å². The van der Waals surface area contributed by atoms with Crippen LogP contribution in [-0.2, 0) is 17.8 Å². The van der Waals surface area contributed by atoms with Gasteiger partial charge in [-0.3, -0.25) is 9.69 Å². The molecule has 132 valence electrons. The van der Waals surface area contributed by atoms with Gasteiger partial charge in [-0.25, -0.2) is 9.18 Å². The molecule has 1 saturated heterocycles. The number of fused-ring (bicyclic) bond motifs is 1. The fraction of sp³-hybridized carbons (Fsp3) is 0.158. The maximum absolute atomic E-state index is 13.0. The van der Waals surface area contributed by atoms with Crippen LogP contribution < -0.4 is 5.32 Å². The number of nitrogens with one attached hydrogen (secondary N) is 2. The predicted octanol–water partition coefficient (Wildman–Crippen LogP) is 3.62. The Bertz CT molecular complexity index is 1000. The van der Waals surface area contributed by atoms with Gasteiger partial charge < -0.3 is 10.3 Å². The second-order valence-electron chi connectivity index (χ2n) is 6.23. The van der Waals surface area contributed by atoms with Crippen LogP contribution in [0.4, 0.5) is 9.18 Å². The van der Waals surface area contributed by atoms with E-state index in [1.165, 1.54) is 12.1 Å². The third-order valence-electron chi connectivity index (χ3n) is 4.54. The zero-order valence-electron chi connectivity index (χ0n) is 13.6. The molecule has 26 heavy (non-hydrogen) atoms. The minimum atomic E-state index is -0.638. The number of rotatable bonds is 4. The lowest BCUT2D eigenvalue weighted by molar-refractivity contribution is -0.127. The minimum absolute atomic E-state index is 0.112. The van der Waals surface area contributed by atoms with Gasteiger partial charge in [-0.1, -0.05) is 35.9 Å². The minimum Gasteiger partial charge on any atom is -0.360 e. The number of hydrogen-bond acceptors (Lipinski definition) is 2. The van der Waals surface area contributed by atoms with E-state index in [0.717, 1.165) is 21.4 Å². The Morgan fingerprint density at radius 2 is 1.88 bits per heavy atom. The van der Waals surface area contributed by atoms with Crippen LogP contribution in [-0.4, -0.2) is 27.9 Å². The van der Waals surface area contributed by atoms with E-state index in [4.69, 9.17) is 11.6 Å². The van der Waals surface area contributed by atoms with E-state index in [9.17, 15) is 14.0 Å². The molecule has 1 fully saturated rings. The number of hydrogen-bond donors (Lipinski definition) is 2. The highest BCUT2D eigenvalue weighted by Gasteiger charge is 2.38. The normalized spacial score (nSPS) is 17.2. The molecule has 1 aliphatic rings. The molecule has 3 amide bonds. The van der Waals surface area contributed by atoms with Gasteiger partial charge in [0.2, 0.25) is 0 Å². The monoisotopic (exact) mass is 371 g/mol. The smallest absolute Gasteiger partial charge is 0.325 e. The molecule has 5 nitrogen and oxygen atoms in total. The van der Waals surface area contributed by atoms with Gasteiger partial charge in [-0.15, -0.1) is 0 Å². The molecule has 1 unspecified atom stereocenters. The van der Waals surface area contributed by atoms with Crippen molar-refractivity contribution in [2.45, 2.75) is 19.0 Å². The van der Waals surface area contributed by atoms with Gasteiger partial charge in [-0.05, 0) is 29.3 Å². The first-order valence-corrected chi connectivity index (χ1v) is 8.51. The van der Waals surface area contributed by atoms with Gasteiger partial charge in [0.05, 0.1) is 17.1 Å². The number of halogens is 2. The Kier molecular flexibility index (Phi) is 4.12. The molecule has 2 aromatic carbocycles. The van der Waals surface area contributed by atoms with Crippen LogP contribution in [0.3, 0.4) is 0 Å². The fourth-order valence-electron chi connectivity index (χ4n) is 3.20. The largest absolute Gasteiger partial charge is 0.360 e. The van der Waals surface area contributed by atoms with Crippen molar-refractivity contribution < 1.29 is 14.0 Å². The van der Waals surface area contributed by atoms with Crippen LogP contribution in [0.25, 0.3) is 10.9 Å². The summed E-state index contributed by atoms with van der Waals surface area (Å²) in [5, 5.41) is 4.25. The first kappa shape index (κ1) is 16.6. The standard InChI is InChI=1S/C19H15ClFN3O2/c20-15-3-1-2-14-12(9-22-17(14)15)8-16-18(25)24(19(26)23-16)10-11-4-6-13(21)7-5-11/h1-7,9,16,22H,8,10H2,(H,23,26). The summed E-state index contributed by atoms with van der Waals surface area (Å²) in [5.74, 6) is -0.655. The van der Waals surface area contributed by atoms with Gasteiger partial charge in [0.1, 0.15) is 11.9 Å². The number of benzene rings is 2.